The maximum atomic E-state index is 12.4. The van der Waals surface area contributed by atoms with Crippen molar-refractivity contribution in [2.45, 2.75) is 275 Å². The van der Waals surface area contributed by atoms with Crippen molar-refractivity contribution in [1.82, 2.24) is 0 Å². The zero-order chi connectivity index (χ0) is 53.8. The van der Waals surface area contributed by atoms with Crippen molar-refractivity contribution in [2.24, 2.45) is 23.7 Å². The minimum absolute atomic E-state index is 0.0912. The summed E-state index contributed by atoms with van der Waals surface area (Å²) < 4.78 is 89.3. The van der Waals surface area contributed by atoms with Gasteiger partial charge in [-0.05, 0) is 57.3 Å². The maximum Gasteiger partial charge on any atom is 0.171 e. The number of fused-ring (bicyclic) bond motifs is 11. The number of aliphatic hydroxyl groups is 5. The second-order valence-electron chi connectivity index (χ2n) is 25.6. The van der Waals surface area contributed by atoms with Crippen molar-refractivity contribution >= 4 is 0 Å². The molecule has 1 spiro atoms. The molecule has 18 heteroatoms. The fourth-order valence-corrected chi connectivity index (χ4v) is 15.9. The third kappa shape index (κ3) is 10.2. The fourth-order valence-electron chi connectivity index (χ4n) is 15.9. The van der Waals surface area contributed by atoms with Crippen molar-refractivity contribution in [3.05, 3.63) is 60.8 Å². The smallest absolute Gasteiger partial charge is 0.171 e. The molecule has 32 atom stereocenters. The molecule has 0 aromatic heterocycles. The molecule has 13 aliphatic rings. The van der Waals surface area contributed by atoms with Gasteiger partial charge in [0.2, 0.25) is 0 Å². The van der Waals surface area contributed by atoms with Gasteiger partial charge in [0, 0.05) is 43.9 Å². The molecule has 0 radical (unpaired) electrons. The second-order valence-corrected chi connectivity index (χ2v) is 25.6. The van der Waals surface area contributed by atoms with E-state index in [1.165, 1.54) is 6.08 Å². The lowest BCUT2D eigenvalue weighted by Gasteiger charge is -2.53. The highest BCUT2D eigenvalue weighted by molar-refractivity contribution is 5.18. The number of aliphatic hydroxyl groups excluding tert-OH is 5. The van der Waals surface area contributed by atoms with Gasteiger partial charge < -0.3 is 87.1 Å². The molecule has 0 bridgehead atoms. The first kappa shape index (κ1) is 55.2. The maximum absolute atomic E-state index is 12.4. The summed E-state index contributed by atoms with van der Waals surface area (Å²) in [6.07, 6.45) is 13.4. The standard InChI is InChI=1S/C60H86O18/c1-29-22-42-44(25-48-54(75-42)31(3)52(64)58-55(76-48)30(2)32(4)60(78-58)20-9-21-66-60)72-46-27-51-59(5,77-47(46)23-29)50(63)26-45-36(73-51)12-7-6-11-35-37(70-45)16-17-39-38(68-35)18-19-40-43(69-39)24-49-57(74-40)53(65)56-41(71-49)13-8-10-34(67-56)15-14-33(62)28-61/h6-8,10,14-19,29-58,61-65H,9,11-13,20-28H2,1-5H3/b7-6+,15-14+/t29-,30+,31+,32+,33+,34-,35-,36+,37+,38+,39-,40-,41+,42+,43+,44-,45-,46+,47-,48+,49-,50-,51-,52+,53-,54-,55-,56+,57-,58+,59+,60+/m1/s1. The number of hydrogen-bond acceptors (Lipinski definition) is 18. The van der Waals surface area contributed by atoms with Crippen LogP contribution >= 0.6 is 0 Å². The Labute approximate surface area is 458 Å². The van der Waals surface area contributed by atoms with Crippen LogP contribution in [0.2, 0.25) is 0 Å². The molecule has 0 aromatic rings. The molecule has 9 saturated heterocycles. The van der Waals surface area contributed by atoms with Gasteiger partial charge in [-0.1, -0.05) is 88.5 Å². The summed E-state index contributed by atoms with van der Waals surface area (Å²) in [4.78, 5) is 0. The van der Waals surface area contributed by atoms with Gasteiger partial charge in [-0.2, -0.15) is 0 Å². The van der Waals surface area contributed by atoms with Crippen molar-refractivity contribution in [1.29, 1.82) is 0 Å². The fraction of sp³-hybridized carbons (Fsp3) is 0.833. The Hall–Kier alpha value is -2.02. The van der Waals surface area contributed by atoms with E-state index in [4.69, 9.17) is 61.6 Å². The SMILES string of the molecule is C[C@@H]1C[C@@H]2O[C@@H]3[C@@H](C)[C@H](O)[C@@H]4O[C@@]5(CCCO5)[C@@H](C)[C@H](C)[C@H]4O[C@H]3C[C@H]2O[C@H]2C[C@H]3O[C@H]4C/C=C/C[C@H]5O[C@H]6C=C[C@H]7O[C@H]8[C@H](O)[C@H]9O[C@@H](/C=C/[C@H](O)CO)C=CC[C@@H]9O[C@@H]8C[C@@H]7O[C@@H]6C=C[C@@H]5O[C@@H]4C[C@@H](O)[C@]3(C)O[C@@H]2C1. The van der Waals surface area contributed by atoms with Gasteiger partial charge in [0.1, 0.15) is 54.4 Å². The average Bonchev–Trinajstić information content (AvgIpc) is 3.66. The highest BCUT2D eigenvalue weighted by Crippen LogP contribution is 2.52. The van der Waals surface area contributed by atoms with E-state index < -0.39 is 116 Å². The van der Waals surface area contributed by atoms with Crippen LogP contribution in [0.1, 0.15) is 105 Å². The van der Waals surface area contributed by atoms with Gasteiger partial charge in [0.25, 0.3) is 0 Å². The highest BCUT2D eigenvalue weighted by atomic mass is 16.7. The second kappa shape index (κ2) is 22.2. The topological polar surface area (TPSA) is 221 Å². The van der Waals surface area contributed by atoms with E-state index in [2.05, 4.69) is 39.8 Å². The molecule has 0 aromatic carbocycles. The van der Waals surface area contributed by atoms with Crippen LogP contribution in [0.5, 0.6) is 0 Å². The average molecular weight is 1100 g/mol. The van der Waals surface area contributed by atoms with Crippen LogP contribution in [0.3, 0.4) is 0 Å². The molecule has 0 unspecified atom stereocenters. The minimum Gasteiger partial charge on any atom is -0.393 e. The van der Waals surface area contributed by atoms with Crippen LogP contribution in [-0.4, -0.2) is 209 Å². The van der Waals surface area contributed by atoms with E-state index >= 15 is 0 Å². The minimum atomic E-state index is -1.02. The van der Waals surface area contributed by atoms with Crippen LogP contribution < -0.4 is 0 Å². The summed E-state index contributed by atoms with van der Waals surface area (Å²) in [5.41, 5.74) is -1.02. The normalized spacial score (nSPS) is 56.5. The van der Waals surface area contributed by atoms with Gasteiger partial charge in [-0.25, -0.2) is 0 Å². The molecular formula is C60H86O18. The molecule has 0 saturated carbocycles. The van der Waals surface area contributed by atoms with Crippen LogP contribution in [-0.2, 0) is 61.6 Å². The third-order valence-corrected chi connectivity index (χ3v) is 20.6. The highest BCUT2D eigenvalue weighted by Gasteiger charge is 2.62. The van der Waals surface area contributed by atoms with Crippen LogP contribution in [0, 0.1) is 23.7 Å². The van der Waals surface area contributed by atoms with Crippen molar-refractivity contribution in [2.75, 3.05) is 13.2 Å². The van der Waals surface area contributed by atoms with Crippen LogP contribution in [0.15, 0.2) is 60.8 Å². The van der Waals surface area contributed by atoms with Gasteiger partial charge >= 0.3 is 0 Å². The number of rotatable bonds is 3. The van der Waals surface area contributed by atoms with Gasteiger partial charge in [0.05, 0.1) is 123 Å². The lowest BCUT2D eigenvalue weighted by Crippen LogP contribution is -2.63. The number of hydrogen-bond donors (Lipinski definition) is 5. The Kier molecular flexibility index (Phi) is 15.7. The van der Waals surface area contributed by atoms with Crippen molar-refractivity contribution < 1.29 is 87.1 Å². The molecule has 13 rings (SSSR count). The van der Waals surface area contributed by atoms with Gasteiger partial charge in [-0.15, -0.1) is 0 Å². The lowest BCUT2D eigenvalue weighted by atomic mass is 9.76. The molecule has 434 valence electrons. The summed E-state index contributed by atoms with van der Waals surface area (Å²) in [6.45, 7) is 11.0. The first-order chi connectivity index (χ1) is 37.6. The summed E-state index contributed by atoms with van der Waals surface area (Å²) >= 11 is 0. The Bertz CT molecular complexity index is 2250. The van der Waals surface area contributed by atoms with E-state index in [0.29, 0.717) is 51.6 Å². The van der Waals surface area contributed by atoms with E-state index in [1.54, 1.807) is 6.08 Å². The largest absolute Gasteiger partial charge is 0.393 e. The summed E-state index contributed by atoms with van der Waals surface area (Å²) in [5, 5.41) is 55.4. The lowest BCUT2D eigenvalue weighted by molar-refractivity contribution is -0.339. The summed E-state index contributed by atoms with van der Waals surface area (Å²) in [7, 11) is 0. The van der Waals surface area contributed by atoms with Crippen LogP contribution in [0.4, 0.5) is 0 Å². The molecule has 13 heterocycles. The molecule has 0 aliphatic carbocycles. The Morgan fingerprint density at radius 1 is 0.526 bits per heavy atom. The predicted molar refractivity (Wildman–Crippen MR) is 278 cm³/mol. The Balaban J connectivity index is 0.678. The van der Waals surface area contributed by atoms with Gasteiger partial charge in [0.15, 0.2) is 5.79 Å². The third-order valence-electron chi connectivity index (χ3n) is 20.6. The first-order valence-electron chi connectivity index (χ1n) is 29.9. The molecule has 18 nitrogen and oxygen atoms in total. The van der Waals surface area contributed by atoms with E-state index in [-0.39, 0.29) is 84.7 Å². The first-order valence-corrected chi connectivity index (χ1v) is 29.9. The zero-order valence-electron chi connectivity index (χ0n) is 45.8. The molecular weight excluding hydrogens is 1010 g/mol. The van der Waals surface area contributed by atoms with Crippen molar-refractivity contribution in [3.63, 3.8) is 0 Å². The van der Waals surface area contributed by atoms with Gasteiger partial charge in [-0.3, -0.25) is 0 Å². The van der Waals surface area contributed by atoms with Crippen LogP contribution in [0.25, 0.3) is 0 Å². The summed E-state index contributed by atoms with van der Waals surface area (Å²) in [5.74, 6) is -0.520. The summed E-state index contributed by atoms with van der Waals surface area (Å²) in [6, 6.07) is 0. The van der Waals surface area contributed by atoms with E-state index in [1.807, 2.05) is 43.4 Å². The molecule has 9 fully saturated rings. The Morgan fingerprint density at radius 2 is 1.15 bits per heavy atom. The molecule has 0 amide bonds. The molecule has 13 aliphatic heterocycles. The van der Waals surface area contributed by atoms with E-state index in [9.17, 15) is 25.5 Å². The van der Waals surface area contributed by atoms with Crippen molar-refractivity contribution in [3.8, 4) is 0 Å². The zero-order valence-corrected chi connectivity index (χ0v) is 45.8. The molecule has 78 heavy (non-hydrogen) atoms. The van der Waals surface area contributed by atoms with E-state index in [0.717, 1.165) is 25.7 Å². The predicted octanol–water partition coefficient (Wildman–Crippen LogP) is 4.00. The Morgan fingerprint density at radius 3 is 1.94 bits per heavy atom. The monoisotopic (exact) mass is 1090 g/mol. The molecule has 5 N–H and O–H groups in total. The quantitative estimate of drug-likeness (QED) is 0.252. The number of ether oxygens (including phenoxy) is 13.